The molecule has 2 heteroatoms. The van der Waals surface area contributed by atoms with Gasteiger partial charge >= 0.3 is 0 Å². The van der Waals surface area contributed by atoms with E-state index < -0.39 is 5.41 Å². The molecule has 9 aromatic rings. The second-order valence-corrected chi connectivity index (χ2v) is 12.8. The zero-order chi connectivity index (χ0) is 32.4. The second kappa shape index (κ2) is 10.8. The zero-order valence-corrected chi connectivity index (χ0v) is 26.8. The number of hydrogen-bond acceptors (Lipinski definition) is 2. The molecule has 0 atom stereocenters. The quantitative estimate of drug-likeness (QED) is 0.189. The smallest absolute Gasteiger partial charge is 0.136 e. The van der Waals surface area contributed by atoms with Crippen molar-refractivity contribution in [2.24, 2.45) is 0 Å². The van der Waals surface area contributed by atoms with Crippen LogP contribution in [0.4, 0.5) is 17.1 Å². The van der Waals surface area contributed by atoms with Crippen LogP contribution < -0.4 is 4.90 Å². The van der Waals surface area contributed by atoms with E-state index in [9.17, 15) is 0 Å². The number of furan rings is 1. The van der Waals surface area contributed by atoms with Gasteiger partial charge < -0.3 is 9.32 Å². The van der Waals surface area contributed by atoms with Crippen LogP contribution in [-0.2, 0) is 5.41 Å². The molecule has 0 fully saturated rings. The maximum Gasteiger partial charge on any atom is 0.136 e. The largest absolute Gasteiger partial charge is 0.456 e. The lowest BCUT2D eigenvalue weighted by Crippen LogP contribution is -2.28. The number of benzene rings is 8. The Labute approximate surface area is 285 Å². The third-order valence-corrected chi connectivity index (χ3v) is 10.3. The van der Waals surface area contributed by atoms with Gasteiger partial charge in [0.15, 0.2) is 0 Å². The Hall–Kier alpha value is -6.38. The summed E-state index contributed by atoms with van der Waals surface area (Å²) in [6.45, 7) is 0. The first-order valence-corrected chi connectivity index (χ1v) is 16.9. The zero-order valence-electron chi connectivity index (χ0n) is 26.8. The molecule has 1 aliphatic rings. The molecular formula is C47H31NO. The van der Waals surface area contributed by atoms with Crippen molar-refractivity contribution in [1.29, 1.82) is 0 Å². The molecule has 2 nitrogen and oxygen atoms in total. The van der Waals surface area contributed by atoms with E-state index in [2.05, 4.69) is 187 Å². The highest BCUT2D eigenvalue weighted by molar-refractivity contribution is 6.21. The Morgan fingerprint density at radius 1 is 0.388 bits per heavy atom. The predicted octanol–water partition coefficient (Wildman–Crippen LogP) is 12.6. The standard InChI is InChI=1S/C47H31NO/c1-3-15-32(16-4-1)47(41-25-10-7-21-36(41)37-22-8-11-26-42(37)47)33-17-13-20-35(31-33)48(34-18-5-2-6-19-34)43-27-14-24-39-38(43)29-30-45-46(39)40-23-9-12-28-44(40)49-45/h1-31H. The lowest BCUT2D eigenvalue weighted by Gasteiger charge is -2.35. The van der Waals surface area contributed by atoms with E-state index in [1.54, 1.807) is 0 Å². The van der Waals surface area contributed by atoms with Crippen molar-refractivity contribution in [3.05, 3.63) is 210 Å². The maximum absolute atomic E-state index is 6.30. The Kier molecular flexibility index (Phi) is 6.13. The Bertz CT molecular complexity index is 2630. The lowest BCUT2D eigenvalue weighted by atomic mass is 9.67. The first-order chi connectivity index (χ1) is 24.3. The highest BCUT2D eigenvalue weighted by Gasteiger charge is 2.46. The van der Waals surface area contributed by atoms with Crippen LogP contribution in [-0.4, -0.2) is 0 Å². The third-order valence-electron chi connectivity index (χ3n) is 10.3. The Morgan fingerprint density at radius 2 is 0.980 bits per heavy atom. The van der Waals surface area contributed by atoms with Gasteiger partial charge in [0.25, 0.3) is 0 Å². The van der Waals surface area contributed by atoms with Crippen LogP contribution in [0.3, 0.4) is 0 Å². The molecule has 0 radical (unpaired) electrons. The summed E-state index contributed by atoms with van der Waals surface area (Å²) >= 11 is 0. The molecule has 1 heterocycles. The van der Waals surface area contributed by atoms with Crippen LogP contribution in [0.25, 0.3) is 43.8 Å². The van der Waals surface area contributed by atoms with Crippen molar-refractivity contribution < 1.29 is 4.42 Å². The third kappa shape index (κ3) is 4.01. The summed E-state index contributed by atoms with van der Waals surface area (Å²) in [7, 11) is 0. The fourth-order valence-corrected chi connectivity index (χ4v) is 8.35. The number of rotatable bonds is 5. The molecule has 0 N–H and O–H groups in total. The van der Waals surface area contributed by atoms with E-state index in [-0.39, 0.29) is 0 Å². The first-order valence-electron chi connectivity index (χ1n) is 16.9. The van der Waals surface area contributed by atoms with Crippen LogP contribution in [0.15, 0.2) is 192 Å². The maximum atomic E-state index is 6.30. The molecule has 0 bridgehead atoms. The predicted molar refractivity (Wildman–Crippen MR) is 203 cm³/mol. The molecule has 8 aromatic carbocycles. The second-order valence-electron chi connectivity index (χ2n) is 12.8. The van der Waals surface area contributed by atoms with Crippen LogP contribution in [0, 0.1) is 0 Å². The molecule has 10 rings (SSSR count). The van der Waals surface area contributed by atoms with Crippen LogP contribution in [0.2, 0.25) is 0 Å². The number of fused-ring (bicyclic) bond motifs is 8. The molecule has 0 amide bonds. The molecule has 0 spiro atoms. The number of nitrogens with zero attached hydrogens (tertiary/aromatic N) is 1. The van der Waals surface area contributed by atoms with Crippen molar-refractivity contribution in [3.8, 4) is 11.1 Å². The van der Waals surface area contributed by atoms with Crippen molar-refractivity contribution in [3.63, 3.8) is 0 Å². The van der Waals surface area contributed by atoms with Crippen molar-refractivity contribution in [2.75, 3.05) is 4.90 Å². The highest BCUT2D eigenvalue weighted by atomic mass is 16.3. The summed E-state index contributed by atoms with van der Waals surface area (Å²) in [5.41, 5.74) is 12.4. The minimum Gasteiger partial charge on any atom is -0.456 e. The summed E-state index contributed by atoms with van der Waals surface area (Å²) in [5.74, 6) is 0. The van der Waals surface area contributed by atoms with Gasteiger partial charge in [-0.2, -0.15) is 0 Å². The van der Waals surface area contributed by atoms with Crippen LogP contribution in [0.1, 0.15) is 22.3 Å². The van der Waals surface area contributed by atoms with Gasteiger partial charge in [0.1, 0.15) is 11.2 Å². The van der Waals surface area contributed by atoms with Gasteiger partial charge in [0, 0.05) is 27.5 Å². The molecule has 0 aliphatic heterocycles. The monoisotopic (exact) mass is 625 g/mol. The Balaban J connectivity index is 1.25. The number of hydrogen-bond donors (Lipinski definition) is 0. The first kappa shape index (κ1) is 27.7. The van der Waals surface area contributed by atoms with Gasteiger partial charge in [0.05, 0.1) is 11.1 Å². The summed E-state index contributed by atoms with van der Waals surface area (Å²) in [5, 5.41) is 4.64. The summed E-state index contributed by atoms with van der Waals surface area (Å²) in [4.78, 5) is 2.41. The van der Waals surface area contributed by atoms with E-state index >= 15 is 0 Å². The fourth-order valence-electron chi connectivity index (χ4n) is 8.35. The van der Waals surface area contributed by atoms with Gasteiger partial charge in [-0.25, -0.2) is 0 Å². The van der Waals surface area contributed by atoms with E-state index in [4.69, 9.17) is 4.42 Å². The molecule has 0 saturated carbocycles. The normalized spacial score (nSPS) is 13.1. The molecule has 230 valence electrons. The van der Waals surface area contributed by atoms with E-state index in [1.807, 2.05) is 6.07 Å². The van der Waals surface area contributed by atoms with Gasteiger partial charge in [-0.1, -0.05) is 140 Å². The SMILES string of the molecule is c1ccc(N(c2cccc(C3(c4ccccc4)c4ccccc4-c4ccccc43)c2)c2cccc3c2ccc2oc4ccccc4c23)cc1. The van der Waals surface area contributed by atoms with E-state index in [1.165, 1.54) is 44.2 Å². The van der Waals surface area contributed by atoms with E-state index in [0.29, 0.717) is 0 Å². The van der Waals surface area contributed by atoms with Gasteiger partial charge in [0.2, 0.25) is 0 Å². The molecule has 1 aliphatic carbocycles. The highest BCUT2D eigenvalue weighted by Crippen LogP contribution is 2.56. The molecule has 1 aromatic heterocycles. The fraction of sp³-hybridized carbons (Fsp3) is 0.0213. The minimum atomic E-state index is -0.479. The van der Waals surface area contributed by atoms with Crippen LogP contribution >= 0.6 is 0 Å². The van der Waals surface area contributed by atoms with Crippen molar-refractivity contribution in [1.82, 2.24) is 0 Å². The van der Waals surface area contributed by atoms with Gasteiger partial charge in [-0.05, 0) is 87.3 Å². The van der Waals surface area contributed by atoms with Crippen molar-refractivity contribution >= 4 is 49.8 Å². The molecule has 49 heavy (non-hydrogen) atoms. The van der Waals surface area contributed by atoms with Crippen LogP contribution in [0.5, 0.6) is 0 Å². The molecule has 0 saturated heterocycles. The average molecular weight is 626 g/mol. The minimum absolute atomic E-state index is 0.479. The van der Waals surface area contributed by atoms with Gasteiger partial charge in [-0.3, -0.25) is 0 Å². The summed E-state index contributed by atoms with van der Waals surface area (Å²) in [6.07, 6.45) is 0. The van der Waals surface area contributed by atoms with Crippen molar-refractivity contribution in [2.45, 2.75) is 5.41 Å². The summed E-state index contributed by atoms with van der Waals surface area (Å²) < 4.78 is 6.30. The number of para-hydroxylation sites is 2. The lowest BCUT2D eigenvalue weighted by molar-refractivity contribution is 0.669. The summed E-state index contributed by atoms with van der Waals surface area (Å²) in [6, 6.07) is 68.1. The van der Waals surface area contributed by atoms with E-state index in [0.717, 1.165) is 39.0 Å². The Morgan fingerprint density at radius 3 is 1.76 bits per heavy atom. The van der Waals surface area contributed by atoms with Gasteiger partial charge in [-0.15, -0.1) is 0 Å². The molecule has 0 unspecified atom stereocenters. The topological polar surface area (TPSA) is 16.4 Å². The average Bonchev–Trinajstić information content (AvgIpc) is 3.71. The number of anilines is 3. The molecular weight excluding hydrogens is 595 g/mol.